The fraction of sp³-hybridized carbons (Fsp3) is 0.800. The van der Waals surface area contributed by atoms with E-state index in [1.54, 1.807) is 0 Å². The molecule has 3 heteroatoms. The van der Waals surface area contributed by atoms with Crippen LogP contribution >= 0.6 is 0 Å². The summed E-state index contributed by atoms with van der Waals surface area (Å²) in [6.07, 6.45) is 5.29. The summed E-state index contributed by atoms with van der Waals surface area (Å²) in [6.45, 7) is 11.9. The van der Waals surface area contributed by atoms with Gasteiger partial charge in [-0.05, 0) is 24.2 Å². The lowest BCUT2D eigenvalue weighted by molar-refractivity contribution is 0.0515. The van der Waals surface area contributed by atoms with Crippen LogP contribution in [0.5, 0.6) is 0 Å². The van der Waals surface area contributed by atoms with Crippen molar-refractivity contribution in [2.24, 2.45) is 17.8 Å². The van der Waals surface area contributed by atoms with Crippen molar-refractivity contribution < 1.29 is 5.11 Å². The maximum atomic E-state index is 10.5. The second-order valence-electron chi connectivity index (χ2n) is 5.87. The van der Waals surface area contributed by atoms with Crippen molar-refractivity contribution >= 4 is 0 Å². The van der Waals surface area contributed by atoms with Crippen molar-refractivity contribution in [3.63, 3.8) is 0 Å². The molecule has 1 aromatic heterocycles. The van der Waals surface area contributed by atoms with Gasteiger partial charge in [0.1, 0.15) is 5.82 Å². The van der Waals surface area contributed by atoms with Crippen LogP contribution < -0.4 is 0 Å². The molecule has 0 aliphatic heterocycles. The van der Waals surface area contributed by atoms with Gasteiger partial charge in [-0.25, -0.2) is 4.98 Å². The van der Waals surface area contributed by atoms with E-state index < -0.39 is 0 Å². The Hall–Kier alpha value is -0.830. The maximum absolute atomic E-state index is 10.5. The number of imidazole rings is 1. The normalized spacial score (nSPS) is 13.8. The number of hydrogen-bond acceptors (Lipinski definition) is 2. The average Bonchev–Trinajstić information content (AvgIpc) is 2.65. The quantitative estimate of drug-likeness (QED) is 0.809. The summed E-state index contributed by atoms with van der Waals surface area (Å²) in [6, 6.07) is 0. The van der Waals surface area contributed by atoms with Gasteiger partial charge < -0.3 is 9.67 Å². The lowest BCUT2D eigenvalue weighted by atomic mass is 9.80. The number of rotatable bonds is 7. The van der Waals surface area contributed by atoms with Crippen LogP contribution in [0.15, 0.2) is 12.4 Å². The van der Waals surface area contributed by atoms with Crippen molar-refractivity contribution in [1.29, 1.82) is 0 Å². The van der Waals surface area contributed by atoms with E-state index in [1.807, 2.05) is 12.4 Å². The molecule has 1 heterocycles. The Labute approximate surface area is 111 Å². The zero-order valence-electron chi connectivity index (χ0n) is 12.4. The molecule has 0 fully saturated rings. The molecule has 0 spiro atoms. The van der Waals surface area contributed by atoms with E-state index in [0.29, 0.717) is 24.2 Å². The molecule has 104 valence electrons. The van der Waals surface area contributed by atoms with E-state index in [1.165, 1.54) is 0 Å². The molecule has 3 nitrogen and oxygen atoms in total. The molecule has 0 radical (unpaired) electrons. The van der Waals surface area contributed by atoms with Gasteiger partial charge in [0.25, 0.3) is 0 Å². The van der Waals surface area contributed by atoms with Crippen molar-refractivity contribution in [3.05, 3.63) is 18.2 Å². The first-order valence-corrected chi connectivity index (χ1v) is 7.15. The lowest BCUT2D eigenvalue weighted by Crippen LogP contribution is -2.32. The fourth-order valence-electron chi connectivity index (χ4n) is 2.96. The van der Waals surface area contributed by atoms with Gasteiger partial charge in [0.2, 0.25) is 0 Å². The first-order valence-electron chi connectivity index (χ1n) is 7.15. The van der Waals surface area contributed by atoms with Gasteiger partial charge in [0, 0.05) is 25.4 Å². The van der Waals surface area contributed by atoms with Crippen LogP contribution in [0.1, 0.15) is 46.9 Å². The Morgan fingerprint density at radius 2 is 1.83 bits per heavy atom. The number of aryl methyl sites for hydroxylation is 1. The van der Waals surface area contributed by atoms with Gasteiger partial charge in [-0.1, -0.05) is 34.6 Å². The Morgan fingerprint density at radius 1 is 1.22 bits per heavy atom. The van der Waals surface area contributed by atoms with Gasteiger partial charge in [-0.2, -0.15) is 0 Å². The molecule has 0 saturated carbocycles. The number of nitrogens with zero attached hydrogens (tertiary/aromatic N) is 2. The summed E-state index contributed by atoms with van der Waals surface area (Å²) >= 11 is 0. The van der Waals surface area contributed by atoms with Crippen LogP contribution in [0, 0.1) is 17.8 Å². The summed E-state index contributed by atoms with van der Waals surface area (Å²) in [5.74, 6) is 2.33. The first-order chi connectivity index (χ1) is 8.47. The third-order valence-electron chi connectivity index (χ3n) is 3.64. The van der Waals surface area contributed by atoms with Crippen molar-refractivity contribution in [1.82, 2.24) is 9.55 Å². The van der Waals surface area contributed by atoms with Crippen LogP contribution in [0.2, 0.25) is 0 Å². The minimum absolute atomic E-state index is 0.303. The maximum Gasteiger partial charge on any atom is 0.111 e. The van der Waals surface area contributed by atoms with E-state index in [-0.39, 0.29) is 6.10 Å². The summed E-state index contributed by atoms with van der Waals surface area (Å²) in [7, 11) is 0. The van der Waals surface area contributed by atoms with Gasteiger partial charge in [-0.3, -0.25) is 0 Å². The first kappa shape index (κ1) is 15.2. The molecule has 0 saturated heterocycles. The molecule has 0 aliphatic rings. The summed E-state index contributed by atoms with van der Waals surface area (Å²) in [5, 5.41) is 10.5. The summed E-state index contributed by atoms with van der Waals surface area (Å²) in [5.41, 5.74) is 0. The van der Waals surface area contributed by atoms with Gasteiger partial charge in [0.05, 0.1) is 6.10 Å². The highest BCUT2D eigenvalue weighted by molar-refractivity contribution is 4.96. The third kappa shape index (κ3) is 3.84. The molecule has 1 N–H and O–H groups in total. The third-order valence-corrected chi connectivity index (χ3v) is 3.64. The SMILES string of the molecule is CCCn1ccnc1CC(O)C(C(C)C)C(C)C. The smallest absolute Gasteiger partial charge is 0.111 e. The molecule has 0 amide bonds. The second-order valence-corrected chi connectivity index (χ2v) is 5.87. The molecule has 1 rings (SSSR count). The predicted octanol–water partition coefficient (Wildman–Crippen LogP) is 3.12. The van der Waals surface area contributed by atoms with Gasteiger partial charge in [0.15, 0.2) is 0 Å². The fourth-order valence-corrected chi connectivity index (χ4v) is 2.96. The van der Waals surface area contributed by atoms with Crippen LogP contribution in [-0.2, 0) is 13.0 Å². The minimum Gasteiger partial charge on any atom is -0.392 e. The Morgan fingerprint density at radius 3 is 2.33 bits per heavy atom. The molecule has 0 bridgehead atoms. The molecular weight excluding hydrogens is 224 g/mol. The van der Waals surface area contributed by atoms with E-state index in [0.717, 1.165) is 18.8 Å². The molecule has 1 aromatic rings. The van der Waals surface area contributed by atoms with Crippen LogP contribution in [-0.4, -0.2) is 20.8 Å². The Kier molecular flexibility index (Phi) is 5.86. The van der Waals surface area contributed by atoms with Crippen LogP contribution in [0.4, 0.5) is 0 Å². The summed E-state index contributed by atoms with van der Waals surface area (Å²) in [4.78, 5) is 4.38. The number of aliphatic hydroxyl groups excluding tert-OH is 1. The zero-order valence-corrected chi connectivity index (χ0v) is 12.4. The van der Waals surface area contributed by atoms with Crippen molar-refractivity contribution in [2.45, 2.75) is 60.1 Å². The Bertz CT molecular complexity index is 336. The van der Waals surface area contributed by atoms with Crippen molar-refractivity contribution in [2.75, 3.05) is 0 Å². The molecular formula is C15H28N2O. The van der Waals surface area contributed by atoms with E-state index in [9.17, 15) is 5.11 Å². The van der Waals surface area contributed by atoms with Gasteiger partial charge >= 0.3 is 0 Å². The summed E-state index contributed by atoms with van der Waals surface area (Å²) < 4.78 is 2.15. The monoisotopic (exact) mass is 252 g/mol. The van der Waals surface area contributed by atoms with Gasteiger partial charge in [-0.15, -0.1) is 0 Å². The standard InChI is InChI=1S/C15H28N2O/c1-6-8-17-9-7-16-14(17)10-13(18)15(11(2)3)12(4)5/h7,9,11-13,15,18H,6,8,10H2,1-5H3. The molecule has 0 aromatic carbocycles. The number of hydrogen-bond donors (Lipinski definition) is 1. The molecule has 18 heavy (non-hydrogen) atoms. The highest BCUT2D eigenvalue weighted by Crippen LogP contribution is 2.26. The number of aromatic nitrogens is 2. The van der Waals surface area contributed by atoms with E-state index in [2.05, 4.69) is 44.2 Å². The van der Waals surface area contributed by atoms with Crippen LogP contribution in [0.25, 0.3) is 0 Å². The Balaban J connectivity index is 2.73. The second kappa shape index (κ2) is 6.93. The predicted molar refractivity (Wildman–Crippen MR) is 75.4 cm³/mol. The lowest BCUT2D eigenvalue weighted by Gasteiger charge is -2.29. The molecule has 1 atom stereocenters. The van der Waals surface area contributed by atoms with E-state index >= 15 is 0 Å². The van der Waals surface area contributed by atoms with Crippen molar-refractivity contribution in [3.8, 4) is 0 Å². The highest BCUT2D eigenvalue weighted by atomic mass is 16.3. The highest BCUT2D eigenvalue weighted by Gasteiger charge is 2.26. The zero-order chi connectivity index (χ0) is 13.7. The van der Waals surface area contributed by atoms with Crippen LogP contribution in [0.3, 0.4) is 0 Å². The van der Waals surface area contributed by atoms with E-state index in [4.69, 9.17) is 0 Å². The molecule has 0 aliphatic carbocycles. The average molecular weight is 252 g/mol. The topological polar surface area (TPSA) is 38.0 Å². The minimum atomic E-state index is -0.303. The largest absolute Gasteiger partial charge is 0.392 e. The number of aliphatic hydroxyl groups is 1. The molecule has 1 unspecified atom stereocenters.